The quantitative estimate of drug-likeness (QED) is 0.0883. The van der Waals surface area contributed by atoms with E-state index in [2.05, 4.69) is 139 Å². The first-order chi connectivity index (χ1) is 23.2. The van der Waals surface area contributed by atoms with Gasteiger partial charge in [-0.15, -0.1) is 12.1 Å². The first-order valence-corrected chi connectivity index (χ1v) is 19.3. The number of rotatable bonds is 8. The third-order valence-electron chi connectivity index (χ3n) is 7.68. The molecule has 6 heteroatoms. The Morgan fingerprint density at radius 2 is 1.04 bits per heavy atom. The van der Waals surface area contributed by atoms with Gasteiger partial charge < -0.3 is 5.48 Å². The molecule has 7 rings (SSSR count). The molecule has 0 fully saturated rings. The molecular weight excluding hydrogens is 686 g/mol. The molecule has 0 unspecified atom stereocenters. The van der Waals surface area contributed by atoms with Gasteiger partial charge in [0.2, 0.25) is 0 Å². The van der Waals surface area contributed by atoms with E-state index in [0.29, 0.717) is 0 Å². The summed E-state index contributed by atoms with van der Waals surface area (Å²) in [6.45, 7) is 3.84. The molecule has 49 heavy (non-hydrogen) atoms. The average Bonchev–Trinajstić information content (AvgIpc) is 3.14. The van der Waals surface area contributed by atoms with Crippen molar-refractivity contribution < 1.29 is 26.4 Å². The Morgan fingerprint density at radius 1 is 0.571 bits per heavy atom. The second-order valence-corrected chi connectivity index (χ2v) is 16.3. The minimum Gasteiger partial charge on any atom is -0.412 e. The van der Waals surface area contributed by atoms with Crippen molar-refractivity contribution in [2.75, 3.05) is 12.3 Å². The maximum Gasteiger partial charge on any atom is 2.00 e. The number of benzene rings is 6. The Hall–Kier alpha value is -4.16. The van der Waals surface area contributed by atoms with Gasteiger partial charge in [-0.3, -0.25) is 9.37 Å². The summed E-state index contributed by atoms with van der Waals surface area (Å²) < 4.78 is 11.9. The van der Waals surface area contributed by atoms with E-state index in [1.807, 2.05) is 30.3 Å². The molecule has 0 saturated carbocycles. The first kappa shape index (κ1) is 39.3. The van der Waals surface area contributed by atoms with E-state index >= 15 is 0 Å². The van der Waals surface area contributed by atoms with Crippen LogP contribution in [-0.4, -0.2) is 22.8 Å². The van der Waals surface area contributed by atoms with Crippen molar-refractivity contribution in [3.8, 4) is 0 Å². The Bertz CT molecular complexity index is 1720. The van der Waals surface area contributed by atoms with E-state index < -0.39 is 15.8 Å². The van der Waals surface area contributed by atoms with Crippen LogP contribution in [0.25, 0.3) is 10.9 Å². The average molecular weight is 728 g/mol. The minimum absolute atomic E-state index is 0. The van der Waals surface area contributed by atoms with Crippen molar-refractivity contribution in [2.45, 2.75) is 6.42 Å². The van der Waals surface area contributed by atoms with Gasteiger partial charge in [0, 0.05) is 24.0 Å². The molecule has 0 saturated heterocycles. The van der Waals surface area contributed by atoms with E-state index in [9.17, 15) is 4.39 Å². The maximum atomic E-state index is 11.9. The van der Waals surface area contributed by atoms with Crippen molar-refractivity contribution in [2.24, 2.45) is 0 Å². The van der Waals surface area contributed by atoms with Gasteiger partial charge in [-0.25, -0.2) is 0 Å². The number of nitrogens with zero attached hydrogens (tertiary/aromatic N) is 1. The minimum atomic E-state index is -0.742. The number of fused-ring (bicyclic) bond motifs is 1. The van der Waals surface area contributed by atoms with E-state index in [-0.39, 0.29) is 27.8 Å². The molecule has 1 heterocycles. The first-order valence-electron chi connectivity index (χ1n) is 15.9. The van der Waals surface area contributed by atoms with E-state index in [1.54, 1.807) is 18.3 Å². The standard InChI is InChI=1S/C27H26P2.C10H8N.C6H4F.Ni.H2O/c1-5-14-24(15-6-1)28(25-16-7-2-8-17-25)22-13-23-29(26-18-9-3-10-19-26)27-20-11-4-12-21-27;1-8-4-5-10-9(7-8)3-2-6-11-10;7-6-4-2-1-3-5-6;;/h1-12,14-21H,13,22-23H2;2-7H,1H2;1-2,4-5H;;1H2/q;2*-1;+2;/p+2. The molecule has 2 N–H and O–H groups in total. The second kappa shape index (κ2) is 21.7. The fraction of sp³-hybridized carbons (Fsp3) is 0.0698. The summed E-state index contributed by atoms with van der Waals surface area (Å²) >= 11 is 0. The molecule has 0 aliphatic heterocycles. The smallest absolute Gasteiger partial charge is 0.412 e. The number of halogens is 1. The molecule has 1 aromatic heterocycles. The summed E-state index contributed by atoms with van der Waals surface area (Å²) in [6, 6.07) is 63.0. The Balaban J connectivity index is 0.000000266. The fourth-order valence-electron chi connectivity index (χ4n) is 5.41. The van der Waals surface area contributed by atoms with E-state index in [0.717, 1.165) is 16.5 Å². The topological polar surface area (TPSA) is 44.4 Å². The van der Waals surface area contributed by atoms with Gasteiger partial charge in [-0.2, -0.15) is 42.8 Å². The Labute approximate surface area is 303 Å². The predicted octanol–water partition coefficient (Wildman–Crippen LogP) is 8.32. The number of pyridine rings is 1. The Morgan fingerprint density at radius 3 is 1.43 bits per heavy atom. The summed E-state index contributed by atoms with van der Waals surface area (Å²) in [4.78, 5) is 4.19. The van der Waals surface area contributed by atoms with Gasteiger partial charge in [-0.1, -0.05) is 90.3 Å². The molecule has 7 aromatic rings. The molecule has 2 nitrogen and oxygen atoms in total. The van der Waals surface area contributed by atoms with Crippen molar-refractivity contribution in [1.82, 2.24) is 4.98 Å². The monoisotopic (exact) mass is 727 g/mol. The molecule has 0 spiro atoms. The second-order valence-electron chi connectivity index (χ2n) is 11.0. The summed E-state index contributed by atoms with van der Waals surface area (Å²) in [5.41, 5.74) is 2.06. The third kappa shape index (κ3) is 12.7. The predicted molar refractivity (Wildman–Crippen MR) is 210 cm³/mol. The molecule has 0 aliphatic carbocycles. The van der Waals surface area contributed by atoms with Crippen LogP contribution in [0.15, 0.2) is 182 Å². The van der Waals surface area contributed by atoms with Crippen LogP contribution in [0.2, 0.25) is 0 Å². The van der Waals surface area contributed by atoms with E-state index in [1.165, 1.54) is 52.1 Å². The summed E-state index contributed by atoms with van der Waals surface area (Å²) in [5, 5.41) is 7.25. The number of hydrogen-bond donors (Lipinski definition) is 0. The molecular formula is C43H42FNNiOP2+2. The van der Waals surface area contributed by atoms with Gasteiger partial charge in [0.05, 0.1) is 49.4 Å². The van der Waals surface area contributed by atoms with Crippen LogP contribution >= 0.6 is 15.8 Å². The van der Waals surface area contributed by atoms with Gasteiger partial charge in [0.25, 0.3) is 0 Å². The molecule has 0 amide bonds. The van der Waals surface area contributed by atoms with Crippen molar-refractivity contribution >= 4 is 48.0 Å². The normalized spacial score (nSPS) is 10.1. The molecule has 0 bridgehead atoms. The number of aromatic nitrogens is 1. The summed E-state index contributed by atoms with van der Waals surface area (Å²) in [6.07, 6.45) is 5.64. The van der Waals surface area contributed by atoms with E-state index in [4.69, 9.17) is 0 Å². The zero-order valence-corrected chi connectivity index (χ0v) is 30.3. The van der Waals surface area contributed by atoms with Crippen molar-refractivity contribution in [3.63, 3.8) is 0 Å². The van der Waals surface area contributed by atoms with Gasteiger partial charge in [-0.05, 0) is 54.6 Å². The molecule has 0 atom stereocenters. The van der Waals surface area contributed by atoms with Crippen LogP contribution in [0.3, 0.4) is 0 Å². The van der Waals surface area contributed by atoms with Crippen LogP contribution in [0.4, 0.5) is 4.39 Å². The zero-order chi connectivity index (χ0) is 32.5. The largest absolute Gasteiger partial charge is 2.00 e. The fourth-order valence-corrected chi connectivity index (χ4v) is 11.0. The summed E-state index contributed by atoms with van der Waals surface area (Å²) in [5.74, 6) is -0.234. The SMILES string of the molecule is Fc1c[c-]ccc1.O.[CH2-]c1ccc2ncccc2c1.[Ni+2].c1ccc([PH+](CCC[PH+](c2ccccc2)c2ccccc2)c2ccccc2)cc1. The molecule has 0 aliphatic rings. The van der Waals surface area contributed by atoms with Crippen LogP contribution < -0.4 is 21.2 Å². The zero-order valence-electron chi connectivity index (χ0n) is 27.3. The van der Waals surface area contributed by atoms with Crippen LogP contribution in [0.5, 0.6) is 0 Å². The van der Waals surface area contributed by atoms with Crippen molar-refractivity contribution in [1.29, 1.82) is 0 Å². The maximum absolute atomic E-state index is 11.9. The van der Waals surface area contributed by atoms with Gasteiger partial charge in [0.15, 0.2) is 0 Å². The molecule has 0 radical (unpaired) electrons. The molecule has 250 valence electrons. The summed E-state index contributed by atoms with van der Waals surface area (Å²) in [7, 11) is -1.48. The van der Waals surface area contributed by atoms with Crippen LogP contribution in [-0.2, 0) is 16.5 Å². The third-order valence-corrected chi connectivity index (χ3v) is 13.5. The van der Waals surface area contributed by atoms with Crippen LogP contribution in [0, 0.1) is 18.8 Å². The van der Waals surface area contributed by atoms with Crippen molar-refractivity contribution in [3.05, 3.63) is 206 Å². The van der Waals surface area contributed by atoms with Gasteiger partial charge >= 0.3 is 16.5 Å². The molecule has 6 aromatic carbocycles. The Kier molecular flexibility index (Phi) is 17.4. The van der Waals surface area contributed by atoms with Crippen LogP contribution in [0.1, 0.15) is 12.0 Å². The van der Waals surface area contributed by atoms with Gasteiger partial charge in [0.1, 0.15) is 0 Å². The number of hydrogen-bond acceptors (Lipinski definition) is 1.